The number of carbonyl (C=O) groups excluding carboxylic acids is 1. The van der Waals surface area contributed by atoms with Gasteiger partial charge in [0.05, 0.1) is 11.5 Å². The van der Waals surface area contributed by atoms with E-state index in [9.17, 15) is 25.1 Å². The number of benzene rings is 2. The molecule has 0 aliphatic carbocycles. The first-order chi connectivity index (χ1) is 12.4. The van der Waals surface area contributed by atoms with Crippen molar-refractivity contribution in [3.05, 3.63) is 52.1 Å². The molecule has 10 nitrogen and oxygen atoms in total. The van der Waals surface area contributed by atoms with Crippen molar-refractivity contribution in [2.24, 2.45) is 0 Å². The summed E-state index contributed by atoms with van der Waals surface area (Å²) in [4.78, 5) is 26.1. The molecule has 1 heterocycles. The van der Waals surface area contributed by atoms with E-state index in [1.54, 1.807) is 6.07 Å². The molecule has 26 heavy (non-hydrogen) atoms. The number of carbonyl (C=O) groups is 1. The highest BCUT2D eigenvalue weighted by Crippen LogP contribution is 2.25. The van der Waals surface area contributed by atoms with Gasteiger partial charge in [0.2, 0.25) is 5.91 Å². The molecule has 0 saturated carbocycles. The predicted octanol–water partition coefficient (Wildman–Crippen LogP) is 1.88. The Balaban J connectivity index is 1.56. The van der Waals surface area contributed by atoms with Gasteiger partial charge < -0.3 is 25.3 Å². The van der Waals surface area contributed by atoms with Crippen molar-refractivity contribution < 1.29 is 24.3 Å². The molecule has 2 aromatic carbocycles. The van der Waals surface area contributed by atoms with Crippen molar-refractivity contribution in [3.8, 4) is 11.5 Å². The molecule has 3 rings (SSSR count). The first-order valence-electron chi connectivity index (χ1n) is 7.49. The lowest BCUT2D eigenvalue weighted by molar-refractivity contribution is -0.384. The molecule has 0 fully saturated rings. The van der Waals surface area contributed by atoms with Gasteiger partial charge in [-0.2, -0.15) is 4.98 Å². The van der Waals surface area contributed by atoms with Crippen molar-refractivity contribution in [1.29, 1.82) is 0 Å². The number of oxazole rings is 1. The Hall–Kier alpha value is -3.82. The van der Waals surface area contributed by atoms with Gasteiger partial charge in [0.15, 0.2) is 17.1 Å². The number of aromatic hydroxyl groups is 2. The average molecular weight is 358 g/mol. The average Bonchev–Trinajstić information content (AvgIpc) is 3.03. The highest BCUT2D eigenvalue weighted by atomic mass is 16.6. The number of hydrogen-bond donors (Lipinski definition) is 4. The Morgan fingerprint density at radius 1 is 1.19 bits per heavy atom. The summed E-state index contributed by atoms with van der Waals surface area (Å²) in [5.41, 5.74) is 1.18. The summed E-state index contributed by atoms with van der Waals surface area (Å²) in [7, 11) is 0. The summed E-state index contributed by atoms with van der Waals surface area (Å²) in [5.74, 6) is -0.862. The molecule has 4 N–H and O–H groups in total. The zero-order valence-electron chi connectivity index (χ0n) is 13.3. The summed E-state index contributed by atoms with van der Waals surface area (Å²) >= 11 is 0. The molecule has 0 spiro atoms. The Bertz CT molecular complexity index is 984. The topological polar surface area (TPSA) is 151 Å². The first kappa shape index (κ1) is 17.0. The van der Waals surface area contributed by atoms with Crippen molar-refractivity contribution >= 4 is 28.7 Å². The van der Waals surface area contributed by atoms with Gasteiger partial charge in [-0.3, -0.25) is 14.9 Å². The number of rotatable bonds is 6. The minimum absolute atomic E-state index is 0.0675. The molecule has 1 aromatic heterocycles. The molecule has 134 valence electrons. The summed E-state index contributed by atoms with van der Waals surface area (Å²) < 4.78 is 5.36. The molecule has 0 aliphatic rings. The van der Waals surface area contributed by atoms with Gasteiger partial charge >= 0.3 is 0 Å². The van der Waals surface area contributed by atoms with Crippen LogP contribution in [-0.2, 0) is 11.3 Å². The van der Waals surface area contributed by atoms with E-state index in [1.807, 2.05) is 0 Å². The third-order valence-corrected chi connectivity index (χ3v) is 3.51. The molecule has 0 atom stereocenters. The number of fused-ring (bicyclic) bond motifs is 1. The van der Waals surface area contributed by atoms with Gasteiger partial charge in [0.1, 0.15) is 5.52 Å². The van der Waals surface area contributed by atoms with Crippen LogP contribution in [0.5, 0.6) is 11.5 Å². The standard InChI is InChI=1S/C16H14N4O6/c21-12-3-1-9(5-13(12)22)7-17-15(23)8-18-16-19-11-6-10(20(24)25)2-4-14(11)26-16/h1-6,21-22H,7-8H2,(H,17,23)(H,18,19). The molecule has 0 saturated heterocycles. The van der Waals surface area contributed by atoms with Gasteiger partial charge in [0.25, 0.3) is 11.7 Å². The second kappa shape index (κ2) is 6.97. The Morgan fingerprint density at radius 3 is 2.73 bits per heavy atom. The van der Waals surface area contributed by atoms with E-state index in [0.29, 0.717) is 16.7 Å². The van der Waals surface area contributed by atoms with E-state index in [-0.39, 0.29) is 42.2 Å². The van der Waals surface area contributed by atoms with E-state index >= 15 is 0 Å². The van der Waals surface area contributed by atoms with E-state index < -0.39 is 4.92 Å². The van der Waals surface area contributed by atoms with Crippen LogP contribution in [0.1, 0.15) is 5.56 Å². The van der Waals surface area contributed by atoms with Crippen LogP contribution < -0.4 is 10.6 Å². The van der Waals surface area contributed by atoms with E-state index in [4.69, 9.17) is 4.42 Å². The van der Waals surface area contributed by atoms with Crippen molar-refractivity contribution in [2.45, 2.75) is 6.54 Å². The number of phenolic OH excluding ortho intramolecular Hbond substituents is 2. The Labute approximate surface area is 146 Å². The maximum atomic E-state index is 11.9. The number of nitro benzene ring substituents is 1. The van der Waals surface area contributed by atoms with Crippen LogP contribution in [0.4, 0.5) is 11.7 Å². The molecule has 0 aliphatic heterocycles. The Morgan fingerprint density at radius 2 is 2.00 bits per heavy atom. The lowest BCUT2D eigenvalue weighted by Gasteiger charge is -2.06. The molecule has 0 bridgehead atoms. The normalized spacial score (nSPS) is 10.6. The summed E-state index contributed by atoms with van der Waals surface area (Å²) in [6, 6.07) is 8.32. The summed E-state index contributed by atoms with van der Waals surface area (Å²) in [6.45, 7) is 0.0348. The second-order valence-electron chi connectivity index (χ2n) is 5.38. The van der Waals surface area contributed by atoms with Crippen LogP contribution in [-0.4, -0.2) is 32.6 Å². The molecule has 1 amide bonds. The van der Waals surface area contributed by atoms with Gasteiger partial charge in [-0.25, -0.2) is 0 Å². The van der Waals surface area contributed by atoms with Crippen LogP contribution in [0.15, 0.2) is 40.8 Å². The molecule has 0 unspecified atom stereocenters. The molecular formula is C16H14N4O6. The zero-order chi connectivity index (χ0) is 18.7. The largest absolute Gasteiger partial charge is 0.504 e. The third kappa shape index (κ3) is 3.80. The van der Waals surface area contributed by atoms with Crippen molar-refractivity contribution in [3.63, 3.8) is 0 Å². The maximum absolute atomic E-state index is 11.9. The fourth-order valence-corrected chi connectivity index (χ4v) is 2.20. The van der Waals surface area contributed by atoms with Crippen LogP contribution >= 0.6 is 0 Å². The highest BCUT2D eigenvalue weighted by Gasteiger charge is 2.12. The number of hydrogen-bond acceptors (Lipinski definition) is 8. The lowest BCUT2D eigenvalue weighted by atomic mass is 10.2. The van der Waals surface area contributed by atoms with Gasteiger partial charge in [-0.15, -0.1) is 0 Å². The zero-order valence-corrected chi connectivity index (χ0v) is 13.3. The van der Waals surface area contributed by atoms with Crippen LogP contribution in [0.25, 0.3) is 11.1 Å². The predicted molar refractivity (Wildman–Crippen MR) is 90.8 cm³/mol. The second-order valence-corrected chi connectivity index (χ2v) is 5.38. The van der Waals surface area contributed by atoms with Gasteiger partial charge in [-0.1, -0.05) is 6.07 Å². The smallest absolute Gasteiger partial charge is 0.296 e. The number of nitrogens with one attached hydrogen (secondary N) is 2. The lowest BCUT2D eigenvalue weighted by Crippen LogP contribution is -2.29. The van der Waals surface area contributed by atoms with Crippen LogP contribution in [0.3, 0.4) is 0 Å². The van der Waals surface area contributed by atoms with Crippen LogP contribution in [0, 0.1) is 10.1 Å². The quantitative estimate of drug-likeness (QED) is 0.296. The number of nitro groups is 1. The van der Waals surface area contributed by atoms with Crippen molar-refractivity contribution in [1.82, 2.24) is 10.3 Å². The van der Waals surface area contributed by atoms with E-state index in [0.717, 1.165) is 0 Å². The highest BCUT2D eigenvalue weighted by molar-refractivity contribution is 5.81. The molecule has 10 heteroatoms. The minimum Gasteiger partial charge on any atom is -0.504 e. The number of amides is 1. The minimum atomic E-state index is -0.532. The van der Waals surface area contributed by atoms with E-state index in [2.05, 4.69) is 15.6 Å². The summed E-state index contributed by atoms with van der Waals surface area (Å²) in [5, 5.41) is 34.7. The van der Waals surface area contributed by atoms with Gasteiger partial charge in [-0.05, 0) is 23.8 Å². The van der Waals surface area contributed by atoms with Crippen molar-refractivity contribution in [2.75, 3.05) is 11.9 Å². The SMILES string of the molecule is O=C(CNc1nc2cc([N+](=O)[O-])ccc2o1)NCc1ccc(O)c(O)c1. The molecule has 0 radical (unpaired) electrons. The van der Waals surface area contributed by atoms with E-state index in [1.165, 1.54) is 30.3 Å². The third-order valence-electron chi connectivity index (χ3n) is 3.51. The fraction of sp³-hybridized carbons (Fsp3) is 0.125. The molecule has 3 aromatic rings. The number of anilines is 1. The number of nitrogens with zero attached hydrogens (tertiary/aromatic N) is 2. The fourth-order valence-electron chi connectivity index (χ4n) is 2.20. The molecular weight excluding hydrogens is 344 g/mol. The summed E-state index contributed by atoms with van der Waals surface area (Å²) in [6.07, 6.45) is 0. The number of phenols is 2. The maximum Gasteiger partial charge on any atom is 0.296 e. The number of non-ortho nitro benzene ring substituents is 1. The first-order valence-corrected chi connectivity index (χ1v) is 7.49. The van der Waals surface area contributed by atoms with Crippen LogP contribution in [0.2, 0.25) is 0 Å². The van der Waals surface area contributed by atoms with Gasteiger partial charge in [0, 0.05) is 18.7 Å². The Kier molecular flexibility index (Phi) is 4.56. The number of aromatic nitrogens is 1. The monoisotopic (exact) mass is 358 g/mol.